The van der Waals surface area contributed by atoms with Gasteiger partial charge >= 0.3 is 0 Å². The average Bonchev–Trinajstić information content (AvgIpc) is 2.13. The first kappa shape index (κ1) is 8.55. The van der Waals surface area contributed by atoms with Crippen molar-refractivity contribution in [2.24, 2.45) is 5.41 Å². The highest BCUT2D eigenvalue weighted by molar-refractivity contribution is 5.19. The minimum Gasteiger partial charge on any atom is -0.103 e. The highest BCUT2D eigenvalue weighted by atomic mass is 14.4. The van der Waals surface area contributed by atoms with E-state index < -0.39 is 0 Å². The molecule has 0 heterocycles. The Labute approximate surface area is 80.3 Å². The van der Waals surface area contributed by atoms with E-state index in [2.05, 4.69) is 43.0 Å². The zero-order valence-electron chi connectivity index (χ0n) is 8.00. The maximum atomic E-state index is 3.95. The minimum absolute atomic E-state index is 0.432. The van der Waals surface area contributed by atoms with Gasteiger partial charge in [-0.2, -0.15) is 0 Å². The van der Waals surface area contributed by atoms with Crippen LogP contribution in [0.15, 0.2) is 43.0 Å². The maximum absolute atomic E-state index is 3.95. The molecular weight excluding hydrogens is 156 g/mol. The normalized spacial score (nSPS) is 19.1. The second-order valence-electron chi connectivity index (χ2n) is 4.08. The summed E-state index contributed by atoms with van der Waals surface area (Å²) in [6, 6.07) is 10.7. The molecule has 0 radical (unpaired) electrons. The van der Waals surface area contributed by atoms with Crippen LogP contribution in [0.25, 0.3) is 0 Å². The molecule has 2 rings (SSSR count). The Kier molecular flexibility index (Phi) is 2.22. The Balaban J connectivity index is 2.09. The van der Waals surface area contributed by atoms with Crippen LogP contribution in [0.2, 0.25) is 0 Å². The molecule has 1 aliphatic carbocycles. The SMILES string of the molecule is C=CC1(Cc2ccccc2)CCC1. The Bertz CT molecular complexity index is 280. The zero-order chi connectivity index (χ0) is 9.15. The molecule has 0 bridgehead atoms. The van der Waals surface area contributed by atoms with Crippen molar-refractivity contribution in [3.63, 3.8) is 0 Å². The highest BCUT2D eigenvalue weighted by Crippen LogP contribution is 2.44. The molecule has 0 atom stereocenters. The summed E-state index contributed by atoms with van der Waals surface area (Å²) in [5.74, 6) is 0. The van der Waals surface area contributed by atoms with Crippen LogP contribution in [-0.4, -0.2) is 0 Å². The van der Waals surface area contributed by atoms with E-state index in [1.54, 1.807) is 0 Å². The Morgan fingerprint density at radius 1 is 1.23 bits per heavy atom. The zero-order valence-corrected chi connectivity index (χ0v) is 8.00. The van der Waals surface area contributed by atoms with Crippen molar-refractivity contribution in [2.75, 3.05) is 0 Å². The monoisotopic (exact) mass is 172 g/mol. The van der Waals surface area contributed by atoms with Gasteiger partial charge in [-0.15, -0.1) is 6.58 Å². The van der Waals surface area contributed by atoms with Crippen molar-refractivity contribution >= 4 is 0 Å². The van der Waals surface area contributed by atoms with Crippen molar-refractivity contribution < 1.29 is 0 Å². The summed E-state index contributed by atoms with van der Waals surface area (Å²) in [5, 5.41) is 0. The summed E-state index contributed by atoms with van der Waals surface area (Å²) in [7, 11) is 0. The van der Waals surface area contributed by atoms with E-state index in [4.69, 9.17) is 0 Å². The van der Waals surface area contributed by atoms with E-state index in [1.807, 2.05) is 0 Å². The van der Waals surface area contributed by atoms with Crippen LogP contribution in [0.3, 0.4) is 0 Å². The summed E-state index contributed by atoms with van der Waals surface area (Å²) in [6.45, 7) is 3.95. The van der Waals surface area contributed by atoms with Crippen molar-refractivity contribution in [2.45, 2.75) is 25.7 Å². The highest BCUT2D eigenvalue weighted by Gasteiger charge is 2.33. The molecule has 13 heavy (non-hydrogen) atoms. The van der Waals surface area contributed by atoms with Crippen LogP contribution in [0.5, 0.6) is 0 Å². The van der Waals surface area contributed by atoms with Gasteiger partial charge in [0.1, 0.15) is 0 Å². The van der Waals surface area contributed by atoms with E-state index >= 15 is 0 Å². The molecule has 1 saturated carbocycles. The minimum atomic E-state index is 0.432. The Morgan fingerprint density at radius 3 is 2.38 bits per heavy atom. The Morgan fingerprint density at radius 2 is 1.92 bits per heavy atom. The summed E-state index contributed by atoms with van der Waals surface area (Å²) in [6.07, 6.45) is 7.36. The topological polar surface area (TPSA) is 0 Å². The fourth-order valence-electron chi connectivity index (χ4n) is 2.09. The van der Waals surface area contributed by atoms with E-state index in [9.17, 15) is 0 Å². The molecule has 0 unspecified atom stereocenters. The van der Waals surface area contributed by atoms with Gasteiger partial charge < -0.3 is 0 Å². The largest absolute Gasteiger partial charge is 0.103 e. The molecule has 68 valence electrons. The molecule has 0 aromatic heterocycles. The molecule has 0 aliphatic heterocycles. The first-order chi connectivity index (χ1) is 6.35. The predicted molar refractivity (Wildman–Crippen MR) is 56.6 cm³/mol. The number of allylic oxidation sites excluding steroid dienone is 1. The van der Waals surface area contributed by atoms with Crippen LogP contribution in [0.4, 0.5) is 0 Å². The third kappa shape index (κ3) is 1.67. The van der Waals surface area contributed by atoms with Crippen LogP contribution in [0.1, 0.15) is 24.8 Å². The van der Waals surface area contributed by atoms with E-state index in [0.29, 0.717) is 5.41 Å². The average molecular weight is 172 g/mol. The predicted octanol–water partition coefficient (Wildman–Crippen LogP) is 3.59. The molecule has 1 aromatic rings. The van der Waals surface area contributed by atoms with Gasteiger partial charge in [0.05, 0.1) is 0 Å². The molecule has 1 aliphatic rings. The summed E-state index contributed by atoms with van der Waals surface area (Å²) in [5.41, 5.74) is 1.88. The summed E-state index contributed by atoms with van der Waals surface area (Å²) >= 11 is 0. The lowest BCUT2D eigenvalue weighted by atomic mass is 9.65. The van der Waals surface area contributed by atoms with Crippen molar-refractivity contribution in [1.82, 2.24) is 0 Å². The standard InChI is InChI=1S/C13H16/c1-2-13(9-6-10-13)11-12-7-4-3-5-8-12/h2-5,7-8H,1,6,9-11H2. The van der Waals surface area contributed by atoms with Crippen molar-refractivity contribution in [3.8, 4) is 0 Å². The summed E-state index contributed by atoms with van der Waals surface area (Å²) < 4.78 is 0. The third-order valence-electron chi connectivity index (χ3n) is 3.18. The molecule has 0 amide bonds. The third-order valence-corrected chi connectivity index (χ3v) is 3.18. The van der Waals surface area contributed by atoms with E-state index in [0.717, 1.165) is 0 Å². The molecular formula is C13H16. The lowest BCUT2D eigenvalue weighted by Crippen LogP contribution is -2.29. The Hall–Kier alpha value is -1.04. The number of hydrogen-bond acceptors (Lipinski definition) is 0. The first-order valence-corrected chi connectivity index (χ1v) is 5.02. The molecule has 0 N–H and O–H groups in total. The van der Waals surface area contributed by atoms with Gasteiger partial charge in [-0.3, -0.25) is 0 Å². The molecule has 0 heteroatoms. The fourth-order valence-corrected chi connectivity index (χ4v) is 2.09. The lowest BCUT2D eigenvalue weighted by Gasteiger charge is -2.39. The van der Waals surface area contributed by atoms with E-state index in [-0.39, 0.29) is 0 Å². The molecule has 1 aromatic carbocycles. The van der Waals surface area contributed by atoms with Gasteiger partial charge in [-0.05, 0) is 30.2 Å². The quantitative estimate of drug-likeness (QED) is 0.611. The number of rotatable bonds is 3. The van der Waals surface area contributed by atoms with Gasteiger partial charge in [0.25, 0.3) is 0 Å². The molecule has 0 spiro atoms. The second-order valence-corrected chi connectivity index (χ2v) is 4.08. The van der Waals surface area contributed by atoms with Gasteiger partial charge in [0.15, 0.2) is 0 Å². The van der Waals surface area contributed by atoms with Gasteiger partial charge in [0.2, 0.25) is 0 Å². The van der Waals surface area contributed by atoms with Crippen LogP contribution >= 0.6 is 0 Å². The number of hydrogen-bond donors (Lipinski definition) is 0. The fraction of sp³-hybridized carbons (Fsp3) is 0.385. The molecule has 0 saturated heterocycles. The maximum Gasteiger partial charge on any atom is -0.00805 e. The van der Waals surface area contributed by atoms with Crippen LogP contribution in [-0.2, 0) is 6.42 Å². The van der Waals surface area contributed by atoms with Gasteiger partial charge in [-0.25, -0.2) is 0 Å². The van der Waals surface area contributed by atoms with Crippen molar-refractivity contribution in [1.29, 1.82) is 0 Å². The first-order valence-electron chi connectivity index (χ1n) is 5.02. The smallest absolute Gasteiger partial charge is 0.00805 e. The second kappa shape index (κ2) is 3.37. The summed E-state index contributed by atoms with van der Waals surface area (Å²) in [4.78, 5) is 0. The number of benzene rings is 1. The van der Waals surface area contributed by atoms with E-state index in [1.165, 1.54) is 31.2 Å². The van der Waals surface area contributed by atoms with Crippen LogP contribution in [0, 0.1) is 5.41 Å². The molecule has 0 nitrogen and oxygen atoms in total. The lowest BCUT2D eigenvalue weighted by molar-refractivity contribution is 0.204. The van der Waals surface area contributed by atoms with Crippen molar-refractivity contribution in [3.05, 3.63) is 48.6 Å². The van der Waals surface area contributed by atoms with Gasteiger partial charge in [0, 0.05) is 0 Å². The van der Waals surface area contributed by atoms with Gasteiger partial charge in [-0.1, -0.05) is 42.8 Å². The molecule has 1 fully saturated rings. The van der Waals surface area contributed by atoms with Crippen LogP contribution < -0.4 is 0 Å².